The van der Waals surface area contributed by atoms with Crippen LogP contribution in [0.25, 0.3) is 0 Å². The van der Waals surface area contributed by atoms with Gasteiger partial charge in [-0.2, -0.15) is 5.26 Å². The summed E-state index contributed by atoms with van der Waals surface area (Å²) in [6.07, 6.45) is 6.56. The lowest BCUT2D eigenvalue weighted by Gasteiger charge is -2.46. The van der Waals surface area contributed by atoms with Gasteiger partial charge in [-0.15, -0.1) is 0 Å². The van der Waals surface area contributed by atoms with E-state index in [2.05, 4.69) is 28.1 Å². The zero-order chi connectivity index (χ0) is 14.0. The predicted octanol–water partition coefficient (Wildman–Crippen LogP) is 1.44. The zero-order valence-corrected chi connectivity index (χ0v) is 12.8. The number of rotatable bonds is 5. The lowest BCUT2D eigenvalue weighted by molar-refractivity contribution is 0.0376. The minimum Gasteiger partial charge on any atom is -0.298 e. The topological polar surface area (TPSA) is 42.3 Å². The van der Waals surface area contributed by atoms with Gasteiger partial charge in [0.25, 0.3) is 0 Å². The molecular formula is C16H28N4. The Morgan fingerprint density at radius 3 is 2.75 bits per heavy atom. The number of nitriles is 1. The molecule has 1 saturated carbocycles. The molecule has 2 atom stereocenters. The van der Waals surface area contributed by atoms with Gasteiger partial charge in [-0.05, 0) is 44.7 Å². The number of piperazine rings is 1. The van der Waals surface area contributed by atoms with Crippen molar-refractivity contribution in [3.05, 3.63) is 0 Å². The first-order valence-corrected chi connectivity index (χ1v) is 8.40. The molecule has 0 amide bonds. The van der Waals surface area contributed by atoms with Gasteiger partial charge in [0.05, 0.1) is 6.07 Å². The van der Waals surface area contributed by atoms with Gasteiger partial charge in [-0.25, -0.2) is 0 Å². The molecule has 2 aliphatic heterocycles. The second-order valence-corrected chi connectivity index (χ2v) is 6.81. The summed E-state index contributed by atoms with van der Waals surface area (Å²) in [7, 11) is 0. The summed E-state index contributed by atoms with van der Waals surface area (Å²) in [6, 6.07) is 3.38. The number of hydrogen-bond acceptors (Lipinski definition) is 4. The van der Waals surface area contributed by atoms with Gasteiger partial charge in [0.15, 0.2) is 0 Å². The highest BCUT2D eigenvalue weighted by Gasteiger charge is 2.47. The first kappa shape index (κ1) is 14.3. The first-order chi connectivity index (χ1) is 9.77. The van der Waals surface area contributed by atoms with E-state index in [1.54, 1.807) is 0 Å². The van der Waals surface area contributed by atoms with Crippen molar-refractivity contribution in [1.29, 1.82) is 5.26 Å². The maximum atomic E-state index is 9.73. The van der Waals surface area contributed by atoms with Crippen LogP contribution in [0.15, 0.2) is 0 Å². The van der Waals surface area contributed by atoms with Crippen molar-refractivity contribution in [3.8, 4) is 6.07 Å². The summed E-state index contributed by atoms with van der Waals surface area (Å²) in [4.78, 5) is 5.22. The largest absolute Gasteiger partial charge is 0.298 e. The minimum absolute atomic E-state index is 0.286. The maximum absolute atomic E-state index is 9.73. The highest BCUT2D eigenvalue weighted by atomic mass is 15.3. The molecule has 20 heavy (non-hydrogen) atoms. The standard InChI is InChI=1S/C16H28N4/c1-2-18-16(12-17,14-6-7-14)13-19-9-10-20-8-4-3-5-15(20)11-19/h14-15,18H,2-11,13H2,1H3. The number of nitrogens with one attached hydrogen (secondary N) is 1. The molecule has 3 rings (SSSR count). The van der Waals surface area contributed by atoms with Gasteiger partial charge in [0.2, 0.25) is 0 Å². The number of likely N-dealkylation sites (N-methyl/N-ethyl adjacent to an activating group) is 1. The number of nitrogens with zero attached hydrogens (tertiary/aromatic N) is 3. The van der Waals surface area contributed by atoms with Crippen LogP contribution in [0.3, 0.4) is 0 Å². The second kappa shape index (κ2) is 6.01. The van der Waals surface area contributed by atoms with Gasteiger partial charge in [0, 0.05) is 32.2 Å². The lowest BCUT2D eigenvalue weighted by Crippen LogP contribution is -2.61. The van der Waals surface area contributed by atoms with E-state index in [4.69, 9.17) is 0 Å². The summed E-state index contributed by atoms with van der Waals surface area (Å²) in [5.74, 6) is 0.580. The van der Waals surface area contributed by atoms with Gasteiger partial charge >= 0.3 is 0 Å². The Bertz CT molecular complexity index is 373. The van der Waals surface area contributed by atoms with Gasteiger partial charge in [-0.1, -0.05) is 13.3 Å². The van der Waals surface area contributed by atoms with Gasteiger partial charge in [0.1, 0.15) is 5.54 Å². The average Bonchev–Trinajstić information content (AvgIpc) is 3.31. The molecule has 0 aromatic rings. The van der Waals surface area contributed by atoms with E-state index < -0.39 is 0 Å². The van der Waals surface area contributed by atoms with E-state index in [0.29, 0.717) is 5.92 Å². The molecule has 3 fully saturated rings. The van der Waals surface area contributed by atoms with Crippen molar-refractivity contribution < 1.29 is 0 Å². The average molecular weight is 276 g/mol. The Labute approximate surface area is 123 Å². The van der Waals surface area contributed by atoms with Crippen molar-refractivity contribution in [3.63, 3.8) is 0 Å². The Balaban J connectivity index is 1.62. The molecule has 0 aromatic carbocycles. The summed E-state index contributed by atoms with van der Waals surface area (Å²) in [6.45, 7) is 8.73. The first-order valence-electron chi connectivity index (χ1n) is 8.40. The number of piperidine rings is 1. The van der Waals surface area contributed by atoms with Crippen LogP contribution >= 0.6 is 0 Å². The molecule has 1 N–H and O–H groups in total. The summed E-state index contributed by atoms with van der Waals surface area (Å²) in [5, 5.41) is 13.2. The van der Waals surface area contributed by atoms with Crippen LogP contribution < -0.4 is 5.32 Å². The van der Waals surface area contributed by atoms with Gasteiger partial charge < -0.3 is 0 Å². The van der Waals surface area contributed by atoms with E-state index in [0.717, 1.165) is 25.7 Å². The SMILES string of the molecule is CCNC(C#N)(CN1CCN2CCCCC2C1)C1CC1. The molecular weight excluding hydrogens is 248 g/mol. The van der Waals surface area contributed by atoms with E-state index >= 15 is 0 Å². The highest BCUT2D eigenvalue weighted by molar-refractivity contribution is 5.17. The monoisotopic (exact) mass is 276 g/mol. The van der Waals surface area contributed by atoms with E-state index in [9.17, 15) is 5.26 Å². The molecule has 2 unspecified atom stereocenters. The molecule has 0 spiro atoms. The molecule has 4 nitrogen and oxygen atoms in total. The molecule has 3 aliphatic rings. The normalized spacial score (nSPS) is 31.3. The minimum atomic E-state index is -0.286. The van der Waals surface area contributed by atoms with E-state index in [1.165, 1.54) is 51.7 Å². The number of hydrogen-bond donors (Lipinski definition) is 1. The van der Waals surface area contributed by atoms with Crippen LogP contribution in [0.5, 0.6) is 0 Å². The zero-order valence-electron chi connectivity index (χ0n) is 12.8. The van der Waals surface area contributed by atoms with Gasteiger partial charge in [-0.3, -0.25) is 15.1 Å². The van der Waals surface area contributed by atoms with Crippen molar-refractivity contribution in [2.75, 3.05) is 39.3 Å². The fourth-order valence-electron chi connectivity index (χ4n) is 4.10. The fraction of sp³-hybridized carbons (Fsp3) is 0.938. The summed E-state index contributed by atoms with van der Waals surface area (Å²) < 4.78 is 0. The fourth-order valence-corrected chi connectivity index (χ4v) is 4.10. The quantitative estimate of drug-likeness (QED) is 0.825. The molecule has 112 valence electrons. The third kappa shape index (κ3) is 2.86. The molecule has 0 bridgehead atoms. The van der Waals surface area contributed by atoms with E-state index in [1.807, 2.05) is 0 Å². The lowest BCUT2D eigenvalue weighted by atomic mass is 9.92. The molecule has 0 aromatic heterocycles. The summed E-state index contributed by atoms with van der Waals surface area (Å²) in [5.41, 5.74) is -0.286. The van der Waals surface area contributed by atoms with Crippen molar-refractivity contribution in [2.45, 2.75) is 50.6 Å². The smallest absolute Gasteiger partial charge is 0.122 e. The Hall–Kier alpha value is -0.630. The third-order valence-electron chi connectivity index (χ3n) is 5.36. The van der Waals surface area contributed by atoms with E-state index in [-0.39, 0.29) is 5.54 Å². The second-order valence-electron chi connectivity index (χ2n) is 6.81. The van der Waals surface area contributed by atoms with Crippen LogP contribution in [-0.2, 0) is 0 Å². The molecule has 0 radical (unpaired) electrons. The van der Waals surface area contributed by atoms with Crippen LogP contribution in [-0.4, -0.2) is 60.6 Å². The van der Waals surface area contributed by atoms with Crippen LogP contribution in [0, 0.1) is 17.2 Å². The predicted molar refractivity (Wildman–Crippen MR) is 80.4 cm³/mol. The molecule has 1 aliphatic carbocycles. The van der Waals surface area contributed by atoms with Crippen molar-refractivity contribution in [1.82, 2.24) is 15.1 Å². The van der Waals surface area contributed by atoms with Crippen LogP contribution in [0.2, 0.25) is 0 Å². The maximum Gasteiger partial charge on any atom is 0.122 e. The Morgan fingerprint density at radius 1 is 1.20 bits per heavy atom. The van der Waals surface area contributed by atoms with Crippen molar-refractivity contribution in [2.24, 2.45) is 5.92 Å². The number of fused-ring (bicyclic) bond motifs is 1. The molecule has 2 saturated heterocycles. The van der Waals surface area contributed by atoms with Crippen LogP contribution in [0.1, 0.15) is 39.0 Å². The van der Waals surface area contributed by atoms with Crippen LogP contribution in [0.4, 0.5) is 0 Å². The summed E-state index contributed by atoms with van der Waals surface area (Å²) >= 11 is 0. The molecule has 4 heteroatoms. The third-order valence-corrected chi connectivity index (χ3v) is 5.36. The molecule has 2 heterocycles. The Kier molecular flexibility index (Phi) is 4.30. The highest BCUT2D eigenvalue weighted by Crippen LogP contribution is 2.40. The Morgan fingerprint density at radius 2 is 2.05 bits per heavy atom. The van der Waals surface area contributed by atoms with Crippen molar-refractivity contribution >= 4 is 0 Å².